The first-order valence-electron chi connectivity index (χ1n) is 7.35. The summed E-state index contributed by atoms with van der Waals surface area (Å²) in [6.07, 6.45) is 0. The lowest BCUT2D eigenvalue weighted by Crippen LogP contribution is -2.50. The third kappa shape index (κ3) is 3.51. The van der Waals surface area contributed by atoms with Crippen LogP contribution in [-0.2, 0) is 15.4 Å². The van der Waals surface area contributed by atoms with Gasteiger partial charge in [0.15, 0.2) is 0 Å². The quantitative estimate of drug-likeness (QED) is 0.650. The maximum atomic E-state index is 6.04. The number of benzene rings is 1. The Morgan fingerprint density at radius 2 is 1.40 bits per heavy atom. The summed E-state index contributed by atoms with van der Waals surface area (Å²) in [5, 5.41) is 0. The second-order valence-electron chi connectivity index (χ2n) is 4.35. The van der Waals surface area contributed by atoms with Crippen LogP contribution in [0.15, 0.2) is 24.3 Å². The molecule has 1 aromatic rings. The van der Waals surface area contributed by atoms with Crippen LogP contribution in [0.3, 0.4) is 0 Å². The molecule has 0 heterocycles. The molecule has 4 nitrogen and oxygen atoms in total. The van der Waals surface area contributed by atoms with Gasteiger partial charge in [-0.1, -0.05) is 13.8 Å². The van der Waals surface area contributed by atoms with Crippen molar-refractivity contribution in [1.82, 2.24) is 4.90 Å². The molecule has 1 rings (SSSR count). The first-order valence-corrected chi connectivity index (χ1v) is 7.35. The van der Waals surface area contributed by atoms with Crippen LogP contribution >= 0.6 is 0 Å². The molecule has 0 aliphatic heterocycles. The lowest BCUT2D eigenvalue weighted by atomic mass is 10.1. The van der Waals surface area contributed by atoms with Crippen molar-refractivity contribution in [2.45, 2.75) is 33.6 Å². The highest BCUT2D eigenvalue weighted by Gasteiger charge is 2.39. The minimum absolute atomic E-state index is 0.586. The molecular formula is C16H27NO3. The van der Waals surface area contributed by atoms with Crippen LogP contribution in [0.25, 0.3) is 0 Å². The van der Waals surface area contributed by atoms with Crippen LogP contribution < -0.4 is 4.74 Å². The monoisotopic (exact) mass is 281 g/mol. The van der Waals surface area contributed by atoms with Crippen molar-refractivity contribution >= 4 is 0 Å². The Bertz CT molecular complexity index is 368. The summed E-state index contributed by atoms with van der Waals surface area (Å²) in [4.78, 5) is 2.18. The topological polar surface area (TPSA) is 30.9 Å². The molecule has 0 atom stereocenters. The van der Waals surface area contributed by atoms with Crippen molar-refractivity contribution in [1.29, 1.82) is 0 Å². The minimum Gasteiger partial charge on any atom is -0.497 e. The lowest BCUT2D eigenvalue weighted by molar-refractivity contribution is -0.325. The predicted molar refractivity (Wildman–Crippen MR) is 80.8 cm³/mol. The molecule has 1 aromatic carbocycles. The van der Waals surface area contributed by atoms with Crippen LogP contribution in [0.1, 0.15) is 33.3 Å². The van der Waals surface area contributed by atoms with Crippen LogP contribution in [-0.4, -0.2) is 38.3 Å². The van der Waals surface area contributed by atoms with E-state index in [1.807, 2.05) is 38.1 Å². The average Bonchev–Trinajstić information content (AvgIpc) is 2.49. The van der Waals surface area contributed by atoms with Gasteiger partial charge in [0.2, 0.25) is 0 Å². The molecule has 0 fully saturated rings. The van der Waals surface area contributed by atoms with Gasteiger partial charge in [0.25, 0.3) is 5.91 Å². The number of methoxy groups -OCH3 is 1. The Labute approximate surface area is 122 Å². The molecular weight excluding hydrogens is 254 g/mol. The van der Waals surface area contributed by atoms with Crippen LogP contribution in [0.4, 0.5) is 0 Å². The number of hydrogen-bond acceptors (Lipinski definition) is 4. The zero-order valence-corrected chi connectivity index (χ0v) is 13.3. The van der Waals surface area contributed by atoms with Gasteiger partial charge < -0.3 is 14.2 Å². The fraction of sp³-hybridized carbons (Fsp3) is 0.625. The van der Waals surface area contributed by atoms with Gasteiger partial charge in [0.05, 0.1) is 7.11 Å². The van der Waals surface area contributed by atoms with Crippen molar-refractivity contribution in [2.24, 2.45) is 0 Å². The second-order valence-corrected chi connectivity index (χ2v) is 4.35. The van der Waals surface area contributed by atoms with Gasteiger partial charge in [-0.05, 0) is 38.1 Å². The molecule has 0 N–H and O–H groups in total. The van der Waals surface area contributed by atoms with Crippen LogP contribution in [0.2, 0.25) is 0 Å². The van der Waals surface area contributed by atoms with Gasteiger partial charge in [-0.15, -0.1) is 0 Å². The molecule has 0 saturated carbocycles. The van der Waals surface area contributed by atoms with Gasteiger partial charge in [-0.2, -0.15) is 0 Å². The first kappa shape index (κ1) is 17.0. The Morgan fingerprint density at radius 1 is 0.900 bits per heavy atom. The smallest absolute Gasteiger partial charge is 0.258 e. The molecule has 0 spiro atoms. The van der Waals surface area contributed by atoms with E-state index in [9.17, 15) is 0 Å². The average molecular weight is 281 g/mol. The van der Waals surface area contributed by atoms with E-state index in [-0.39, 0.29) is 0 Å². The highest BCUT2D eigenvalue weighted by atomic mass is 16.7. The summed E-state index contributed by atoms with van der Waals surface area (Å²) >= 11 is 0. The Kier molecular flexibility index (Phi) is 6.99. The van der Waals surface area contributed by atoms with Crippen molar-refractivity contribution in [3.8, 4) is 5.75 Å². The third-order valence-electron chi connectivity index (χ3n) is 3.31. The van der Waals surface area contributed by atoms with E-state index >= 15 is 0 Å². The fourth-order valence-electron chi connectivity index (χ4n) is 2.41. The summed E-state index contributed by atoms with van der Waals surface area (Å²) in [5.41, 5.74) is 0.991. The number of rotatable bonds is 9. The Balaban J connectivity index is 3.23. The standard InChI is InChI=1S/C16H27NO3/c1-6-17(7-2)16(19-8-3,20-9-4)14-10-12-15(18-5)13-11-14/h10-13H,6-9H2,1-5H3. The molecule has 0 unspecified atom stereocenters. The highest BCUT2D eigenvalue weighted by Crippen LogP contribution is 2.32. The van der Waals surface area contributed by atoms with E-state index in [1.54, 1.807) is 7.11 Å². The molecule has 4 heteroatoms. The molecule has 114 valence electrons. The lowest BCUT2D eigenvalue weighted by Gasteiger charge is -2.42. The van der Waals surface area contributed by atoms with Crippen molar-refractivity contribution in [3.63, 3.8) is 0 Å². The van der Waals surface area contributed by atoms with Gasteiger partial charge in [-0.3, -0.25) is 0 Å². The molecule has 0 bridgehead atoms. The molecule has 0 saturated heterocycles. The van der Waals surface area contributed by atoms with Gasteiger partial charge in [0, 0.05) is 31.9 Å². The molecule has 0 aliphatic carbocycles. The molecule has 0 aromatic heterocycles. The van der Waals surface area contributed by atoms with Crippen molar-refractivity contribution in [2.75, 3.05) is 33.4 Å². The first-order chi connectivity index (χ1) is 9.68. The zero-order chi connectivity index (χ0) is 15.0. The number of ether oxygens (including phenoxy) is 3. The summed E-state index contributed by atoms with van der Waals surface area (Å²) < 4.78 is 17.3. The van der Waals surface area contributed by atoms with Crippen LogP contribution in [0, 0.1) is 0 Å². The molecule has 0 amide bonds. The second kappa shape index (κ2) is 8.25. The van der Waals surface area contributed by atoms with E-state index in [0.29, 0.717) is 13.2 Å². The van der Waals surface area contributed by atoms with E-state index < -0.39 is 5.91 Å². The molecule has 0 radical (unpaired) electrons. The van der Waals surface area contributed by atoms with E-state index in [4.69, 9.17) is 14.2 Å². The Hall–Kier alpha value is -1.10. The third-order valence-corrected chi connectivity index (χ3v) is 3.31. The van der Waals surface area contributed by atoms with Crippen molar-refractivity contribution in [3.05, 3.63) is 29.8 Å². The number of nitrogens with zero attached hydrogens (tertiary/aromatic N) is 1. The Morgan fingerprint density at radius 3 is 1.75 bits per heavy atom. The summed E-state index contributed by atoms with van der Waals surface area (Å²) in [7, 11) is 1.66. The predicted octanol–water partition coefficient (Wildman–Crippen LogP) is 3.22. The molecule has 20 heavy (non-hydrogen) atoms. The largest absolute Gasteiger partial charge is 0.497 e. The van der Waals surface area contributed by atoms with E-state index in [0.717, 1.165) is 24.4 Å². The highest BCUT2D eigenvalue weighted by molar-refractivity contribution is 5.29. The maximum absolute atomic E-state index is 6.04. The van der Waals surface area contributed by atoms with E-state index in [2.05, 4.69) is 18.7 Å². The normalized spacial score (nSPS) is 11.9. The fourth-order valence-corrected chi connectivity index (χ4v) is 2.41. The molecule has 0 aliphatic rings. The SMILES string of the molecule is CCOC(OCC)(c1ccc(OC)cc1)N(CC)CC. The van der Waals surface area contributed by atoms with Crippen molar-refractivity contribution < 1.29 is 14.2 Å². The maximum Gasteiger partial charge on any atom is 0.258 e. The van der Waals surface area contributed by atoms with E-state index in [1.165, 1.54) is 0 Å². The summed E-state index contributed by atoms with van der Waals surface area (Å²) in [6.45, 7) is 11.1. The van der Waals surface area contributed by atoms with Gasteiger partial charge >= 0.3 is 0 Å². The van der Waals surface area contributed by atoms with Gasteiger partial charge in [-0.25, -0.2) is 4.90 Å². The minimum atomic E-state index is -0.820. The zero-order valence-electron chi connectivity index (χ0n) is 13.3. The van der Waals surface area contributed by atoms with Crippen LogP contribution in [0.5, 0.6) is 5.75 Å². The van der Waals surface area contributed by atoms with Gasteiger partial charge in [0.1, 0.15) is 5.75 Å². The summed E-state index contributed by atoms with van der Waals surface area (Å²) in [5.74, 6) is 0.00872. The number of hydrogen-bond donors (Lipinski definition) is 0. The summed E-state index contributed by atoms with van der Waals surface area (Å²) in [6, 6.07) is 7.88.